The fourth-order valence-electron chi connectivity index (χ4n) is 0.849. The normalized spacial score (nSPS) is 11.2. The Morgan fingerprint density at radius 2 is 2.08 bits per heavy atom. The highest BCUT2D eigenvalue weighted by molar-refractivity contribution is 5.93. The third-order valence-corrected chi connectivity index (χ3v) is 1.42. The Bertz CT molecular complexity index is 250. The third kappa shape index (κ3) is 3.16. The summed E-state index contributed by atoms with van der Waals surface area (Å²) in [6.45, 7) is 4.04. The quantitative estimate of drug-likeness (QED) is 0.286. The molecule has 0 aromatic carbocycles. The monoisotopic (exact) mass is 183 g/mol. The number of hydrogen-bond acceptors (Lipinski definition) is 4. The number of esters is 1. The Labute approximate surface area is 77.8 Å². The molecule has 0 N–H and O–H groups in total. The first-order chi connectivity index (χ1) is 6.21. The smallest absolute Gasteiger partial charge is 0.352 e. The van der Waals surface area contributed by atoms with Crippen molar-refractivity contribution in [3.05, 3.63) is 11.3 Å². The fourth-order valence-corrected chi connectivity index (χ4v) is 0.849. The Morgan fingerprint density at radius 1 is 1.46 bits per heavy atom. The summed E-state index contributed by atoms with van der Waals surface area (Å²) in [6, 6.07) is 1.77. The maximum atomic E-state index is 11.0. The lowest BCUT2D eigenvalue weighted by molar-refractivity contribution is -0.135. The van der Waals surface area contributed by atoms with Gasteiger partial charge in [0.2, 0.25) is 0 Å². The van der Waals surface area contributed by atoms with E-state index >= 15 is 0 Å². The minimum atomic E-state index is -0.646. The lowest BCUT2D eigenvalue weighted by Gasteiger charge is -2.07. The number of carbonyl (C=O) groups is 1. The topological polar surface area (TPSA) is 59.3 Å². The van der Waals surface area contributed by atoms with Gasteiger partial charge in [0.1, 0.15) is 11.8 Å². The summed E-state index contributed by atoms with van der Waals surface area (Å²) in [5.74, 6) is -0.260. The van der Waals surface area contributed by atoms with Crippen LogP contribution in [0.15, 0.2) is 11.3 Å². The molecule has 0 aliphatic carbocycles. The molecule has 0 rings (SSSR count). The van der Waals surface area contributed by atoms with Crippen LogP contribution in [0, 0.1) is 11.3 Å². The molecule has 0 aliphatic rings. The minimum Gasteiger partial charge on any atom is -0.497 e. The predicted molar refractivity (Wildman–Crippen MR) is 46.6 cm³/mol. The Balaban J connectivity index is 4.84. The van der Waals surface area contributed by atoms with Crippen molar-refractivity contribution in [1.29, 1.82) is 5.26 Å². The molecule has 0 saturated carbocycles. The summed E-state index contributed by atoms with van der Waals surface area (Å²) in [5.41, 5.74) is -0.0492. The highest BCUT2D eigenvalue weighted by Crippen LogP contribution is 2.11. The maximum Gasteiger partial charge on any atom is 0.352 e. The van der Waals surface area contributed by atoms with Crippen LogP contribution in [-0.4, -0.2) is 19.7 Å². The van der Waals surface area contributed by atoms with Crippen LogP contribution in [0.5, 0.6) is 0 Å². The van der Waals surface area contributed by atoms with Crippen molar-refractivity contribution in [3.63, 3.8) is 0 Å². The molecule has 4 heteroatoms. The summed E-state index contributed by atoms with van der Waals surface area (Å²) >= 11 is 0. The molecule has 72 valence electrons. The van der Waals surface area contributed by atoms with Crippen LogP contribution in [-0.2, 0) is 14.3 Å². The Hall–Kier alpha value is -1.50. The average molecular weight is 183 g/mol. The zero-order chi connectivity index (χ0) is 10.3. The molecule has 0 aliphatic heterocycles. The number of nitrogens with zero attached hydrogens (tertiary/aromatic N) is 1. The van der Waals surface area contributed by atoms with Crippen molar-refractivity contribution < 1.29 is 14.3 Å². The van der Waals surface area contributed by atoms with E-state index in [2.05, 4.69) is 4.74 Å². The second-order valence-corrected chi connectivity index (χ2v) is 2.19. The molecule has 0 radical (unpaired) electrons. The standard InChI is InChI=1S/C9H13NO3/c1-4-8(13-5-2)7(6-10)9(11)12-3/h4-5H2,1-3H3. The van der Waals surface area contributed by atoms with Crippen LogP contribution in [0.1, 0.15) is 20.3 Å². The molecular weight excluding hydrogens is 170 g/mol. The number of nitriles is 1. The van der Waals surface area contributed by atoms with Crippen molar-refractivity contribution in [2.75, 3.05) is 13.7 Å². The molecule has 0 aromatic heterocycles. The molecule has 0 bridgehead atoms. The van der Waals surface area contributed by atoms with Gasteiger partial charge in [0.15, 0.2) is 5.57 Å². The summed E-state index contributed by atoms with van der Waals surface area (Å²) < 4.78 is 9.56. The minimum absolute atomic E-state index is 0.0492. The van der Waals surface area contributed by atoms with E-state index in [9.17, 15) is 4.79 Å². The second kappa shape index (κ2) is 6.06. The molecular formula is C9H13NO3. The largest absolute Gasteiger partial charge is 0.497 e. The van der Waals surface area contributed by atoms with Crippen molar-refractivity contribution in [1.82, 2.24) is 0 Å². The maximum absolute atomic E-state index is 11.0. The van der Waals surface area contributed by atoms with Gasteiger partial charge < -0.3 is 9.47 Å². The zero-order valence-corrected chi connectivity index (χ0v) is 8.09. The highest BCUT2D eigenvalue weighted by atomic mass is 16.5. The van der Waals surface area contributed by atoms with Crippen LogP contribution in [0.3, 0.4) is 0 Å². The van der Waals surface area contributed by atoms with Gasteiger partial charge in [-0.25, -0.2) is 4.79 Å². The van der Waals surface area contributed by atoms with Gasteiger partial charge in [0.05, 0.1) is 13.7 Å². The first-order valence-corrected chi connectivity index (χ1v) is 4.05. The summed E-state index contributed by atoms with van der Waals surface area (Å²) in [6.07, 6.45) is 0.506. The Morgan fingerprint density at radius 3 is 2.38 bits per heavy atom. The van der Waals surface area contributed by atoms with Crippen LogP contribution < -0.4 is 0 Å². The molecule has 4 nitrogen and oxygen atoms in total. The fraction of sp³-hybridized carbons (Fsp3) is 0.556. The summed E-state index contributed by atoms with van der Waals surface area (Å²) in [7, 11) is 1.24. The van der Waals surface area contributed by atoms with Crippen LogP contribution in [0.25, 0.3) is 0 Å². The van der Waals surface area contributed by atoms with E-state index in [1.54, 1.807) is 13.0 Å². The van der Waals surface area contributed by atoms with E-state index in [0.717, 1.165) is 0 Å². The van der Waals surface area contributed by atoms with Gasteiger partial charge in [0.25, 0.3) is 0 Å². The van der Waals surface area contributed by atoms with Crippen molar-refractivity contribution >= 4 is 5.97 Å². The zero-order valence-electron chi connectivity index (χ0n) is 8.09. The van der Waals surface area contributed by atoms with Gasteiger partial charge in [-0.2, -0.15) is 5.26 Å². The van der Waals surface area contributed by atoms with E-state index in [1.807, 2.05) is 6.92 Å². The second-order valence-electron chi connectivity index (χ2n) is 2.19. The molecule has 0 atom stereocenters. The molecule has 0 amide bonds. The molecule has 0 aromatic rings. The van der Waals surface area contributed by atoms with Gasteiger partial charge in [-0.05, 0) is 6.92 Å². The predicted octanol–water partition coefficient (Wildman–Crippen LogP) is 1.38. The number of methoxy groups -OCH3 is 1. The van der Waals surface area contributed by atoms with E-state index in [1.165, 1.54) is 7.11 Å². The molecule has 0 unspecified atom stereocenters. The van der Waals surface area contributed by atoms with Crippen LogP contribution in [0.2, 0.25) is 0 Å². The lowest BCUT2D eigenvalue weighted by atomic mass is 10.2. The molecule has 0 heterocycles. The molecule has 13 heavy (non-hydrogen) atoms. The number of allylic oxidation sites excluding steroid dienone is 1. The van der Waals surface area contributed by atoms with Crippen molar-refractivity contribution in [2.45, 2.75) is 20.3 Å². The third-order valence-electron chi connectivity index (χ3n) is 1.42. The molecule has 0 saturated heterocycles. The van der Waals surface area contributed by atoms with Gasteiger partial charge in [-0.15, -0.1) is 0 Å². The van der Waals surface area contributed by atoms with E-state index in [-0.39, 0.29) is 5.57 Å². The lowest BCUT2D eigenvalue weighted by Crippen LogP contribution is -2.08. The number of carbonyl (C=O) groups excluding carboxylic acids is 1. The molecule has 0 spiro atoms. The summed E-state index contributed by atoms with van der Waals surface area (Å²) in [4.78, 5) is 11.0. The molecule has 0 fully saturated rings. The first kappa shape index (κ1) is 11.5. The Kier molecular flexibility index (Phi) is 5.37. The van der Waals surface area contributed by atoms with Crippen molar-refractivity contribution in [2.24, 2.45) is 0 Å². The van der Waals surface area contributed by atoms with E-state index < -0.39 is 5.97 Å². The van der Waals surface area contributed by atoms with E-state index in [0.29, 0.717) is 18.8 Å². The number of ether oxygens (including phenoxy) is 2. The van der Waals surface area contributed by atoms with Gasteiger partial charge in [0, 0.05) is 6.42 Å². The van der Waals surface area contributed by atoms with Gasteiger partial charge in [-0.3, -0.25) is 0 Å². The summed E-state index contributed by atoms with van der Waals surface area (Å²) in [5, 5.41) is 8.67. The average Bonchev–Trinajstić information content (AvgIpc) is 2.17. The SMILES string of the molecule is CCOC(CC)=C(C#N)C(=O)OC. The van der Waals surface area contributed by atoms with E-state index in [4.69, 9.17) is 10.00 Å². The highest BCUT2D eigenvalue weighted by Gasteiger charge is 2.15. The van der Waals surface area contributed by atoms with Crippen LogP contribution >= 0.6 is 0 Å². The van der Waals surface area contributed by atoms with Gasteiger partial charge >= 0.3 is 5.97 Å². The van der Waals surface area contributed by atoms with Gasteiger partial charge in [-0.1, -0.05) is 6.92 Å². The number of hydrogen-bond donors (Lipinski definition) is 0. The van der Waals surface area contributed by atoms with Crippen LogP contribution in [0.4, 0.5) is 0 Å². The first-order valence-electron chi connectivity index (χ1n) is 4.05. The van der Waals surface area contributed by atoms with Crippen molar-refractivity contribution in [3.8, 4) is 6.07 Å². The number of rotatable bonds is 4.